The quantitative estimate of drug-likeness (QED) is 0.144. The summed E-state index contributed by atoms with van der Waals surface area (Å²) >= 11 is 1.97. The maximum atomic E-state index is 2.79. The smallest absolute Gasteiger partial charge is 0.333 e. The number of benzene rings is 6. The summed E-state index contributed by atoms with van der Waals surface area (Å²) in [4.78, 5) is 0. The van der Waals surface area contributed by atoms with Crippen LogP contribution >= 0.6 is 11.3 Å². The van der Waals surface area contributed by atoms with Crippen LogP contribution in [-0.4, -0.2) is 15.9 Å². The minimum absolute atomic E-state index is 0.0577. The fraction of sp³-hybridized carbons (Fsp3) is 0.130. The molecule has 50 heavy (non-hydrogen) atoms. The molecule has 2 aliphatic carbocycles. The standard InChI is InChI=1S/C46H31BN2S/c1-45(2)33-20-9-6-15-27(33)41-37(45)29-18-11-16-25-30-23-31-24-13-7-10-22-35(24)50-43(31)42-38(30)47(49(41)39(25)29)34-21-12-17-28-36-26-14-5-8-19-32(26)46(3,4)44(36)48(42)40(28)34/h5-23H,1-4H3. The first kappa shape index (κ1) is 26.5. The molecule has 2 aliphatic heterocycles. The Morgan fingerprint density at radius 2 is 1.26 bits per heavy atom. The number of hydrogen-bond donors (Lipinski definition) is 0. The van der Waals surface area contributed by atoms with Crippen LogP contribution in [0.1, 0.15) is 50.1 Å². The monoisotopic (exact) mass is 654 g/mol. The molecule has 4 heteroatoms. The first-order chi connectivity index (χ1) is 24.4. The van der Waals surface area contributed by atoms with Gasteiger partial charge in [0.15, 0.2) is 0 Å². The first-order valence-electron chi connectivity index (χ1n) is 17.9. The van der Waals surface area contributed by atoms with Crippen molar-refractivity contribution in [1.82, 2.24) is 9.05 Å². The van der Waals surface area contributed by atoms with Crippen LogP contribution in [-0.2, 0) is 10.8 Å². The van der Waals surface area contributed by atoms with E-state index in [4.69, 9.17) is 0 Å². The van der Waals surface area contributed by atoms with Gasteiger partial charge in [0.25, 0.3) is 0 Å². The molecule has 3 aromatic heterocycles. The highest BCUT2D eigenvalue weighted by molar-refractivity contribution is 7.26. The van der Waals surface area contributed by atoms with E-state index in [0.717, 1.165) is 0 Å². The van der Waals surface area contributed by atoms with Gasteiger partial charge in [-0.25, -0.2) is 0 Å². The van der Waals surface area contributed by atoms with E-state index in [1.54, 1.807) is 0 Å². The van der Waals surface area contributed by atoms with Crippen molar-refractivity contribution in [3.63, 3.8) is 0 Å². The highest BCUT2D eigenvalue weighted by atomic mass is 32.1. The minimum atomic E-state index is -0.154. The normalized spacial score (nSPS) is 16.3. The van der Waals surface area contributed by atoms with E-state index in [1.165, 1.54) is 114 Å². The van der Waals surface area contributed by atoms with Crippen molar-refractivity contribution in [2.75, 3.05) is 0 Å². The first-order valence-corrected chi connectivity index (χ1v) is 18.7. The van der Waals surface area contributed by atoms with Crippen molar-refractivity contribution in [1.29, 1.82) is 0 Å². The zero-order valence-electron chi connectivity index (χ0n) is 28.3. The molecular weight excluding hydrogens is 623 g/mol. The Morgan fingerprint density at radius 1 is 0.580 bits per heavy atom. The number of thiophene rings is 1. The van der Waals surface area contributed by atoms with E-state index in [9.17, 15) is 0 Å². The van der Waals surface area contributed by atoms with Crippen LogP contribution in [0, 0.1) is 0 Å². The molecule has 6 aromatic carbocycles. The molecule has 0 fully saturated rings. The van der Waals surface area contributed by atoms with Gasteiger partial charge in [-0.3, -0.25) is 0 Å². The van der Waals surface area contributed by atoms with Gasteiger partial charge in [-0.05, 0) is 50.9 Å². The number of rotatable bonds is 0. The summed E-state index contributed by atoms with van der Waals surface area (Å²) in [7, 11) is 0. The molecule has 13 rings (SSSR count). The van der Waals surface area contributed by atoms with Crippen LogP contribution < -0.4 is 10.9 Å². The highest BCUT2D eigenvalue weighted by Gasteiger charge is 2.50. The van der Waals surface area contributed by atoms with Crippen molar-refractivity contribution in [2.24, 2.45) is 0 Å². The van der Waals surface area contributed by atoms with Gasteiger partial charge >= 0.3 is 6.85 Å². The zero-order chi connectivity index (χ0) is 33.0. The lowest BCUT2D eigenvalue weighted by Crippen LogP contribution is -2.55. The Balaban J connectivity index is 1.31. The number of fused-ring (bicyclic) bond motifs is 18. The third kappa shape index (κ3) is 2.64. The van der Waals surface area contributed by atoms with Gasteiger partial charge < -0.3 is 9.05 Å². The lowest BCUT2D eigenvalue weighted by molar-refractivity contribution is 0.625. The molecule has 0 amide bonds. The van der Waals surface area contributed by atoms with E-state index in [0.29, 0.717) is 0 Å². The summed E-state index contributed by atoms with van der Waals surface area (Å²) in [5, 5.41) is 5.50. The van der Waals surface area contributed by atoms with E-state index in [-0.39, 0.29) is 17.7 Å². The lowest BCUT2D eigenvalue weighted by atomic mass is 9.45. The predicted molar refractivity (Wildman–Crippen MR) is 213 cm³/mol. The summed E-state index contributed by atoms with van der Waals surface area (Å²) in [5.74, 6) is 0. The van der Waals surface area contributed by atoms with Crippen LogP contribution in [0.4, 0.5) is 0 Å². The molecule has 0 radical (unpaired) electrons. The van der Waals surface area contributed by atoms with Crippen LogP contribution in [0.25, 0.3) is 81.2 Å². The van der Waals surface area contributed by atoms with Crippen molar-refractivity contribution < 1.29 is 0 Å². The molecule has 0 unspecified atom stereocenters. The van der Waals surface area contributed by atoms with Crippen LogP contribution in [0.3, 0.4) is 0 Å². The molecule has 0 atom stereocenters. The lowest BCUT2D eigenvalue weighted by Gasteiger charge is -2.36. The van der Waals surface area contributed by atoms with Crippen molar-refractivity contribution in [3.8, 4) is 39.2 Å². The van der Waals surface area contributed by atoms with E-state index in [2.05, 4.69) is 152 Å². The van der Waals surface area contributed by atoms with Crippen LogP contribution in [0.2, 0.25) is 0 Å². The maximum absolute atomic E-state index is 2.79. The number of aromatic nitrogens is 2. The summed E-state index contributed by atoms with van der Waals surface area (Å²) < 4.78 is 8.29. The van der Waals surface area contributed by atoms with Crippen LogP contribution in [0.15, 0.2) is 115 Å². The average Bonchev–Trinajstić information content (AvgIpc) is 3.89. The predicted octanol–water partition coefficient (Wildman–Crippen LogP) is 10.5. The topological polar surface area (TPSA) is 9.86 Å². The van der Waals surface area contributed by atoms with Gasteiger partial charge in [-0.1, -0.05) is 131 Å². The third-order valence-electron chi connectivity index (χ3n) is 13.0. The van der Waals surface area contributed by atoms with Gasteiger partial charge in [0, 0.05) is 70.7 Å². The van der Waals surface area contributed by atoms with Crippen LogP contribution in [0.5, 0.6) is 0 Å². The molecule has 4 aliphatic rings. The summed E-state index contributed by atoms with van der Waals surface area (Å²) in [6.07, 6.45) is 0. The van der Waals surface area contributed by atoms with Crippen molar-refractivity contribution >= 4 is 71.1 Å². The fourth-order valence-corrected chi connectivity index (χ4v) is 12.4. The van der Waals surface area contributed by atoms with Gasteiger partial charge in [0.1, 0.15) is 0 Å². The molecule has 234 valence electrons. The molecule has 0 saturated heterocycles. The number of hydrogen-bond acceptors (Lipinski definition) is 1. The molecule has 2 nitrogen and oxygen atoms in total. The third-order valence-corrected chi connectivity index (χ3v) is 14.2. The summed E-state index contributed by atoms with van der Waals surface area (Å²) in [6, 6.07) is 44.2. The second kappa shape index (κ2) is 8.17. The Morgan fingerprint density at radius 3 is 2.12 bits per heavy atom. The summed E-state index contributed by atoms with van der Waals surface area (Å²) in [5.41, 5.74) is 20.9. The van der Waals surface area contributed by atoms with Gasteiger partial charge in [0.05, 0.1) is 15.9 Å². The molecule has 0 spiro atoms. The Bertz CT molecular complexity index is 3110. The summed E-state index contributed by atoms with van der Waals surface area (Å²) in [6.45, 7) is 9.81. The molecule has 0 N–H and O–H groups in total. The largest absolute Gasteiger partial charge is 0.375 e. The maximum Gasteiger partial charge on any atom is 0.333 e. The van der Waals surface area contributed by atoms with Gasteiger partial charge in [-0.15, -0.1) is 11.3 Å². The molecule has 9 aromatic rings. The molecule has 5 heterocycles. The highest BCUT2D eigenvalue weighted by Crippen LogP contribution is 2.58. The zero-order valence-corrected chi connectivity index (χ0v) is 29.2. The van der Waals surface area contributed by atoms with Crippen molar-refractivity contribution in [2.45, 2.75) is 38.5 Å². The van der Waals surface area contributed by atoms with E-state index >= 15 is 0 Å². The van der Waals surface area contributed by atoms with Gasteiger partial charge in [-0.2, -0.15) is 0 Å². The SMILES string of the molecule is CC1(C)c2ccccc2-c2c1c1cccc3c1n2B1c2c-3cc3c(sc4ccccc43)c2-n2c3c(c4cccc1c42)-c1ccccc1C3(C)C. The fourth-order valence-electron chi connectivity index (χ4n) is 11.2. The molecule has 0 saturated carbocycles. The number of nitrogens with zero attached hydrogens (tertiary/aromatic N) is 2. The average molecular weight is 655 g/mol. The van der Waals surface area contributed by atoms with E-state index < -0.39 is 0 Å². The van der Waals surface area contributed by atoms with Gasteiger partial charge in [0.2, 0.25) is 0 Å². The second-order valence-electron chi connectivity index (χ2n) is 16.0. The Kier molecular flexibility index (Phi) is 4.34. The molecule has 0 bridgehead atoms. The molecular formula is C46H31BN2S. The van der Waals surface area contributed by atoms with E-state index in [1.807, 2.05) is 11.3 Å². The second-order valence-corrected chi connectivity index (χ2v) is 17.1. The Hall–Kier alpha value is -5.32. The minimum Gasteiger partial charge on any atom is -0.375 e. The number of para-hydroxylation sites is 2. The Labute approximate surface area is 294 Å². The van der Waals surface area contributed by atoms with Crippen molar-refractivity contribution in [3.05, 3.63) is 138 Å².